The minimum atomic E-state index is -0.836. The molecule has 0 aliphatic carbocycles. The van der Waals surface area contributed by atoms with Crippen LogP contribution < -0.4 is 0 Å². The number of carboxylic acids is 1. The lowest BCUT2D eigenvalue weighted by molar-refractivity contribution is -0.131. The summed E-state index contributed by atoms with van der Waals surface area (Å²) in [6.45, 7) is 6.47. The Balaban J connectivity index is 4.36. The molecule has 0 atom stereocenters. The van der Waals surface area contributed by atoms with Crippen LogP contribution in [0.25, 0.3) is 0 Å². The third kappa shape index (κ3) is 5.60. The molecule has 0 saturated carbocycles. The first-order valence-corrected chi connectivity index (χ1v) is 6.02. The predicted molar refractivity (Wildman–Crippen MR) is 63.9 cm³/mol. The van der Waals surface area contributed by atoms with Crippen LogP contribution in [0.3, 0.4) is 0 Å². The smallest absolute Gasteiger partial charge is 0.327 e. The summed E-state index contributed by atoms with van der Waals surface area (Å²) in [5, 5.41) is 8.65. The summed E-state index contributed by atoms with van der Waals surface area (Å²) in [6.07, 6.45) is 10.0. The third-order valence-electron chi connectivity index (χ3n) is 3.27. The molecule has 0 aliphatic rings. The molecule has 0 aromatic heterocycles. The maximum Gasteiger partial charge on any atom is 0.327 e. The average Bonchev–Trinajstić information content (AvgIpc) is 2.23. The molecule has 15 heavy (non-hydrogen) atoms. The fourth-order valence-electron chi connectivity index (χ4n) is 1.90. The van der Waals surface area contributed by atoms with Gasteiger partial charge in [0.1, 0.15) is 0 Å². The number of hydrogen-bond donors (Lipinski definition) is 1. The molecule has 0 aliphatic heterocycles. The van der Waals surface area contributed by atoms with Gasteiger partial charge < -0.3 is 5.11 Å². The molecule has 0 rings (SSSR count). The number of hydrogen-bond acceptors (Lipinski definition) is 1. The van der Waals surface area contributed by atoms with E-state index in [0.717, 1.165) is 19.3 Å². The van der Waals surface area contributed by atoms with E-state index in [1.54, 1.807) is 0 Å². The summed E-state index contributed by atoms with van der Waals surface area (Å²) >= 11 is 0. The highest BCUT2D eigenvalue weighted by Crippen LogP contribution is 2.34. The van der Waals surface area contributed by atoms with Gasteiger partial charge in [-0.05, 0) is 24.7 Å². The highest BCUT2D eigenvalue weighted by atomic mass is 16.4. The zero-order chi connectivity index (χ0) is 11.7. The number of aliphatic carboxylic acids is 1. The highest BCUT2D eigenvalue weighted by molar-refractivity contribution is 5.79. The van der Waals surface area contributed by atoms with Crippen molar-refractivity contribution in [1.82, 2.24) is 0 Å². The van der Waals surface area contributed by atoms with Gasteiger partial charge in [0, 0.05) is 6.08 Å². The van der Waals surface area contributed by atoms with Crippen molar-refractivity contribution in [2.24, 2.45) is 5.41 Å². The Labute approximate surface area is 93.4 Å². The van der Waals surface area contributed by atoms with Crippen LogP contribution in [0.2, 0.25) is 0 Å². The van der Waals surface area contributed by atoms with Crippen LogP contribution >= 0.6 is 0 Å². The van der Waals surface area contributed by atoms with E-state index in [2.05, 4.69) is 20.8 Å². The van der Waals surface area contributed by atoms with E-state index < -0.39 is 5.97 Å². The maximum atomic E-state index is 10.5. The van der Waals surface area contributed by atoms with Crippen LogP contribution in [-0.2, 0) is 4.79 Å². The van der Waals surface area contributed by atoms with Crippen molar-refractivity contribution in [3.63, 3.8) is 0 Å². The number of unbranched alkanes of at least 4 members (excludes halogenated alkanes) is 2. The van der Waals surface area contributed by atoms with Crippen LogP contribution in [0, 0.1) is 5.41 Å². The lowest BCUT2D eigenvalue weighted by Gasteiger charge is -2.28. The fraction of sp³-hybridized carbons (Fsp3) is 0.769. The Morgan fingerprint density at radius 1 is 1.20 bits per heavy atom. The predicted octanol–water partition coefficient (Wildman–Crippen LogP) is 4.01. The molecule has 0 unspecified atom stereocenters. The number of allylic oxidation sites excluding steroid dienone is 1. The molecule has 2 nitrogen and oxygen atoms in total. The van der Waals surface area contributed by atoms with Crippen molar-refractivity contribution in [2.75, 3.05) is 0 Å². The van der Waals surface area contributed by atoms with Crippen molar-refractivity contribution in [3.05, 3.63) is 12.2 Å². The molecule has 0 fully saturated rings. The van der Waals surface area contributed by atoms with E-state index in [4.69, 9.17) is 5.11 Å². The summed E-state index contributed by atoms with van der Waals surface area (Å²) in [7, 11) is 0. The second-order valence-corrected chi connectivity index (χ2v) is 4.20. The summed E-state index contributed by atoms with van der Waals surface area (Å²) in [4.78, 5) is 10.5. The minimum Gasteiger partial charge on any atom is -0.478 e. The quantitative estimate of drug-likeness (QED) is 0.487. The lowest BCUT2D eigenvalue weighted by atomic mass is 9.77. The van der Waals surface area contributed by atoms with Crippen LogP contribution in [0.15, 0.2) is 12.2 Å². The van der Waals surface area contributed by atoms with Crippen LogP contribution in [0.1, 0.15) is 59.3 Å². The van der Waals surface area contributed by atoms with Crippen LogP contribution in [0.4, 0.5) is 0 Å². The molecule has 0 saturated heterocycles. The Morgan fingerprint density at radius 3 is 2.20 bits per heavy atom. The van der Waals surface area contributed by atoms with Gasteiger partial charge in [-0.3, -0.25) is 0 Å². The Hall–Kier alpha value is -0.790. The van der Waals surface area contributed by atoms with Gasteiger partial charge in [-0.2, -0.15) is 0 Å². The van der Waals surface area contributed by atoms with Gasteiger partial charge in [-0.1, -0.05) is 46.1 Å². The highest BCUT2D eigenvalue weighted by Gasteiger charge is 2.22. The number of rotatable bonds is 8. The van der Waals surface area contributed by atoms with Crippen molar-refractivity contribution in [2.45, 2.75) is 59.3 Å². The topological polar surface area (TPSA) is 37.3 Å². The van der Waals surface area contributed by atoms with Crippen molar-refractivity contribution in [3.8, 4) is 0 Å². The van der Waals surface area contributed by atoms with Gasteiger partial charge in [-0.15, -0.1) is 0 Å². The molecule has 0 aromatic rings. The normalized spacial score (nSPS) is 12.2. The van der Waals surface area contributed by atoms with Gasteiger partial charge in [0.05, 0.1) is 0 Å². The maximum absolute atomic E-state index is 10.5. The van der Waals surface area contributed by atoms with Gasteiger partial charge in [0.2, 0.25) is 0 Å². The van der Waals surface area contributed by atoms with Gasteiger partial charge >= 0.3 is 5.97 Å². The molecule has 2 heteroatoms. The second-order valence-electron chi connectivity index (χ2n) is 4.20. The molecular weight excluding hydrogens is 188 g/mol. The fourth-order valence-corrected chi connectivity index (χ4v) is 1.90. The van der Waals surface area contributed by atoms with E-state index in [1.807, 2.05) is 6.08 Å². The molecule has 0 aromatic carbocycles. The monoisotopic (exact) mass is 212 g/mol. The Kier molecular flexibility index (Phi) is 7.10. The standard InChI is InChI=1S/C13H24O2/c1-4-7-8-10-13(5-2,6-3)11-9-12(14)15/h9,11H,4-8,10H2,1-3H3,(H,14,15). The van der Waals surface area contributed by atoms with Gasteiger partial charge in [0.15, 0.2) is 0 Å². The SMILES string of the molecule is CCCCCC(C=CC(=O)O)(CC)CC. The first kappa shape index (κ1) is 14.2. The van der Waals surface area contributed by atoms with E-state index >= 15 is 0 Å². The summed E-state index contributed by atoms with van der Waals surface area (Å²) < 4.78 is 0. The molecule has 1 N–H and O–H groups in total. The molecular formula is C13H24O2. The average molecular weight is 212 g/mol. The van der Waals surface area contributed by atoms with Crippen molar-refractivity contribution < 1.29 is 9.90 Å². The van der Waals surface area contributed by atoms with Crippen molar-refractivity contribution >= 4 is 5.97 Å². The van der Waals surface area contributed by atoms with Gasteiger partial charge in [-0.25, -0.2) is 4.79 Å². The number of carboxylic acid groups (broad SMARTS) is 1. The molecule has 0 bridgehead atoms. The van der Waals surface area contributed by atoms with Gasteiger partial charge in [0.25, 0.3) is 0 Å². The summed E-state index contributed by atoms with van der Waals surface area (Å²) in [5.74, 6) is -0.836. The van der Waals surface area contributed by atoms with Crippen LogP contribution in [-0.4, -0.2) is 11.1 Å². The largest absolute Gasteiger partial charge is 0.478 e. The Morgan fingerprint density at radius 2 is 1.80 bits per heavy atom. The molecule has 0 amide bonds. The zero-order valence-corrected chi connectivity index (χ0v) is 10.3. The van der Waals surface area contributed by atoms with Crippen LogP contribution in [0.5, 0.6) is 0 Å². The zero-order valence-electron chi connectivity index (χ0n) is 10.3. The molecule has 88 valence electrons. The number of carbonyl (C=O) groups is 1. The third-order valence-corrected chi connectivity index (χ3v) is 3.27. The second kappa shape index (κ2) is 7.49. The van der Waals surface area contributed by atoms with E-state index in [9.17, 15) is 4.79 Å². The molecule has 0 radical (unpaired) electrons. The summed E-state index contributed by atoms with van der Waals surface area (Å²) in [5.41, 5.74) is 0.105. The first-order chi connectivity index (χ1) is 7.10. The minimum absolute atomic E-state index is 0.105. The molecule has 0 heterocycles. The Bertz CT molecular complexity index is 203. The lowest BCUT2D eigenvalue weighted by Crippen LogP contribution is -2.16. The van der Waals surface area contributed by atoms with E-state index in [-0.39, 0.29) is 5.41 Å². The first-order valence-electron chi connectivity index (χ1n) is 6.02. The van der Waals surface area contributed by atoms with Crippen molar-refractivity contribution in [1.29, 1.82) is 0 Å². The molecule has 0 spiro atoms. The van der Waals surface area contributed by atoms with E-state index in [0.29, 0.717) is 0 Å². The summed E-state index contributed by atoms with van der Waals surface area (Å²) in [6, 6.07) is 0. The van der Waals surface area contributed by atoms with E-state index in [1.165, 1.54) is 25.3 Å².